The Morgan fingerprint density at radius 2 is 1.81 bits per heavy atom. The minimum Gasteiger partial charge on any atom is -0.497 e. The number of benzene rings is 2. The maximum Gasteiger partial charge on any atom is 0.234 e. The van der Waals surface area contributed by atoms with Crippen LogP contribution in [-0.2, 0) is 17.1 Å². The van der Waals surface area contributed by atoms with Gasteiger partial charge in [0.05, 0.1) is 7.11 Å². The Labute approximate surface area is 159 Å². The number of hydrogen-bond donors (Lipinski definition) is 1. The fourth-order valence-electron chi connectivity index (χ4n) is 2.66. The van der Waals surface area contributed by atoms with Gasteiger partial charge in [-0.25, -0.2) is 13.4 Å². The van der Waals surface area contributed by atoms with Gasteiger partial charge >= 0.3 is 0 Å². The zero-order valence-electron chi connectivity index (χ0n) is 15.1. The highest BCUT2D eigenvalue weighted by Gasteiger charge is 2.23. The maximum absolute atomic E-state index is 12.7. The van der Waals surface area contributed by atoms with Crippen LogP contribution >= 0.6 is 0 Å². The van der Waals surface area contributed by atoms with E-state index >= 15 is 0 Å². The van der Waals surface area contributed by atoms with Gasteiger partial charge in [0.2, 0.25) is 10.0 Å². The third-order valence-electron chi connectivity index (χ3n) is 4.09. The van der Waals surface area contributed by atoms with Crippen molar-refractivity contribution >= 4 is 16.1 Å². The van der Waals surface area contributed by atoms with Crippen molar-refractivity contribution in [1.29, 1.82) is 0 Å². The second-order valence-electron chi connectivity index (χ2n) is 5.98. The molecule has 0 spiro atoms. The molecule has 1 unspecified atom stereocenters. The van der Waals surface area contributed by atoms with Gasteiger partial charge in [-0.15, -0.1) is 0 Å². The van der Waals surface area contributed by atoms with E-state index in [1.807, 2.05) is 49.5 Å². The number of rotatable bonds is 7. The molecule has 6 nitrogen and oxygen atoms in total. The average molecular weight is 383 g/mol. The Bertz CT molecular complexity index is 1010. The number of imidazole rings is 1. The minimum atomic E-state index is -3.70. The average Bonchev–Trinajstić information content (AvgIpc) is 3.11. The molecule has 140 valence electrons. The van der Waals surface area contributed by atoms with Crippen molar-refractivity contribution < 1.29 is 13.2 Å². The van der Waals surface area contributed by atoms with E-state index in [2.05, 4.69) is 9.71 Å². The van der Waals surface area contributed by atoms with Crippen LogP contribution in [0.25, 0.3) is 6.08 Å². The highest BCUT2D eigenvalue weighted by molar-refractivity contribution is 7.92. The summed E-state index contributed by atoms with van der Waals surface area (Å²) in [5, 5.41) is 1.17. The first-order valence-corrected chi connectivity index (χ1v) is 9.90. The fraction of sp³-hybridized carbons (Fsp3) is 0.150. The lowest BCUT2D eigenvalue weighted by molar-refractivity contribution is 0.414. The van der Waals surface area contributed by atoms with Crippen molar-refractivity contribution in [2.75, 3.05) is 7.11 Å². The third-order valence-corrected chi connectivity index (χ3v) is 5.15. The smallest absolute Gasteiger partial charge is 0.234 e. The van der Waals surface area contributed by atoms with Gasteiger partial charge in [-0.1, -0.05) is 42.5 Å². The summed E-state index contributed by atoms with van der Waals surface area (Å²) in [6.07, 6.45) is 4.98. The summed E-state index contributed by atoms with van der Waals surface area (Å²) >= 11 is 0. The molecule has 3 rings (SSSR count). The lowest BCUT2D eigenvalue weighted by atomic mass is 10.1. The van der Waals surface area contributed by atoms with Crippen molar-refractivity contribution in [2.24, 2.45) is 7.05 Å². The van der Waals surface area contributed by atoms with Gasteiger partial charge in [0.25, 0.3) is 0 Å². The predicted molar refractivity (Wildman–Crippen MR) is 106 cm³/mol. The van der Waals surface area contributed by atoms with Crippen LogP contribution in [0.4, 0.5) is 0 Å². The zero-order chi connectivity index (χ0) is 19.3. The molecule has 0 aliphatic carbocycles. The normalized spacial score (nSPS) is 13.0. The lowest BCUT2D eigenvalue weighted by Gasteiger charge is -2.18. The number of nitrogens with one attached hydrogen (secondary N) is 1. The van der Waals surface area contributed by atoms with E-state index in [1.165, 1.54) is 5.41 Å². The molecule has 1 aromatic heterocycles. The van der Waals surface area contributed by atoms with E-state index in [0.717, 1.165) is 11.1 Å². The Hall–Kier alpha value is -2.90. The Balaban J connectivity index is 1.91. The number of ether oxygens (including phenoxy) is 1. The number of aromatic nitrogens is 2. The van der Waals surface area contributed by atoms with E-state index in [9.17, 15) is 8.42 Å². The fourth-order valence-corrected chi connectivity index (χ4v) is 3.64. The van der Waals surface area contributed by atoms with Crippen LogP contribution in [0.5, 0.6) is 5.75 Å². The van der Waals surface area contributed by atoms with Crippen molar-refractivity contribution in [2.45, 2.75) is 6.04 Å². The monoisotopic (exact) mass is 383 g/mol. The number of hydrogen-bond acceptors (Lipinski definition) is 4. The summed E-state index contributed by atoms with van der Waals surface area (Å²) in [6, 6.07) is 15.9. The van der Waals surface area contributed by atoms with E-state index < -0.39 is 16.1 Å². The first-order chi connectivity index (χ1) is 13.0. The highest BCUT2D eigenvalue weighted by atomic mass is 32.2. The van der Waals surface area contributed by atoms with Crippen molar-refractivity contribution in [3.05, 3.63) is 89.4 Å². The predicted octanol–water partition coefficient (Wildman–Crippen LogP) is 3.11. The Morgan fingerprint density at radius 3 is 2.41 bits per heavy atom. The number of aryl methyl sites for hydroxylation is 1. The number of sulfonamides is 1. The van der Waals surface area contributed by atoms with E-state index in [-0.39, 0.29) is 0 Å². The van der Waals surface area contributed by atoms with Crippen LogP contribution in [0.3, 0.4) is 0 Å². The quantitative estimate of drug-likeness (QED) is 0.680. The van der Waals surface area contributed by atoms with Crippen LogP contribution in [0, 0.1) is 0 Å². The van der Waals surface area contributed by atoms with Crippen LogP contribution in [0.1, 0.15) is 23.0 Å². The molecule has 1 N–H and O–H groups in total. The second-order valence-corrected chi connectivity index (χ2v) is 7.58. The molecular weight excluding hydrogens is 362 g/mol. The van der Waals surface area contributed by atoms with Crippen molar-refractivity contribution in [3.8, 4) is 5.75 Å². The molecular formula is C20H21N3O3S. The van der Waals surface area contributed by atoms with E-state index in [0.29, 0.717) is 11.6 Å². The standard InChI is InChI=1S/C20H21N3O3S/c1-23-14-13-21-20(23)19(17-8-10-18(26-2)11-9-17)22-27(24,25)15-12-16-6-4-3-5-7-16/h3-15,19,22H,1-2H3/b15-12+. The molecule has 0 radical (unpaired) electrons. The molecule has 7 heteroatoms. The first-order valence-electron chi connectivity index (χ1n) is 8.35. The van der Waals surface area contributed by atoms with Gasteiger partial charge in [0.15, 0.2) is 0 Å². The molecule has 1 heterocycles. The van der Waals surface area contributed by atoms with Crippen LogP contribution < -0.4 is 9.46 Å². The van der Waals surface area contributed by atoms with Gasteiger partial charge in [0.1, 0.15) is 17.6 Å². The van der Waals surface area contributed by atoms with Crippen molar-refractivity contribution in [3.63, 3.8) is 0 Å². The molecule has 2 aromatic carbocycles. The second kappa shape index (κ2) is 8.20. The summed E-state index contributed by atoms with van der Waals surface area (Å²) in [6.45, 7) is 0. The lowest BCUT2D eigenvalue weighted by Crippen LogP contribution is -2.29. The van der Waals surface area contributed by atoms with E-state index in [4.69, 9.17) is 4.74 Å². The molecule has 0 fully saturated rings. The minimum absolute atomic E-state index is 0.594. The highest BCUT2D eigenvalue weighted by Crippen LogP contribution is 2.24. The molecule has 1 atom stereocenters. The van der Waals surface area contributed by atoms with Gasteiger partial charge in [0, 0.05) is 24.8 Å². The van der Waals surface area contributed by atoms with Gasteiger partial charge in [-0.3, -0.25) is 0 Å². The maximum atomic E-state index is 12.7. The van der Waals surface area contributed by atoms with Crippen LogP contribution in [0.2, 0.25) is 0 Å². The molecule has 27 heavy (non-hydrogen) atoms. The summed E-state index contributed by atoms with van der Waals surface area (Å²) in [5.41, 5.74) is 1.57. The van der Waals surface area contributed by atoms with Gasteiger partial charge < -0.3 is 9.30 Å². The largest absolute Gasteiger partial charge is 0.497 e. The SMILES string of the molecule is COc1ccc(C(NS(=O)(=O)/C=C/c2ccccc2)c2nccn2C)cc1. The number of methoxy groups -OCH3 is 1. The molecule has 0 saturated heterocycles. The van der Waals surface area contributed by atoms with Crippen LogP contribution in [0.15, 0.2) is 72.4 Å². The number of nitrogens with zero attached hydrogens (tertiary/aromatic N) is 2. The van der Waals surface area contributed by atoms with E-state index in [1.54, 1.807) is 42.3 Å². The Kier molecular flexibility index (Phi) is 5.73. The summed E-state index contributed by atoms with van der Waals surface area (Å²) < 4.78 is 35.0. The van der Waals surface area contributed by atoms with Gasteiger partial charge in [-0.2, -0.15) is 4.72 Å². The first kappa shape index (κ1) is 18.9. The molecule has 3 aromatic rings. The van der Waals surface area contributed by atoms with Crippen molar-refractivity contribution in [1.82, 2.24) is 14.3 Å². The van der Waals surface area contributed by atoms with Crippen LogP contribution in [-0.4, -0.2) is 25.1 Å². The summed E-state index contributed by atoms with van der Waals surface area (Å²) in [7, 11) is -0.289. The van der Waals surface area contributed by atoms with Gasteiger partial charge in [-0.05, 0) is 29.3 Å². The summed E-state index contributed by atoms with van der Waals surface area (Å²) in [5.74, 6) is 1.29. The molecule has 0 amide bonds. The zero-order valence-corrected chi connectivity index (χ0v) is 15.9. The topological polar surface area (TPSA) is 73.2 Å². The molecule has 0 aliphatic heterocycles. The molecule has 0 bridgehead atoms. The Morgan fingerprint density at radius 1 is 1.11 bits per heavy atom. The molecule has 0 aliphatic rings. The summed E-state index contributed by atoms with van der Waals surface area (Å²) in [4.78, 5) is 4.32. The molecule has 0 saturated carbocycles. The third kappa shape index (κ3) is 4.84.